The second-order valence-electron chi connectivity index (χ2n) is 6.80. The van der Waals surface area contributed by atoms with Gasteiger partial charge < -0.3 is 9.47 Å². The highest BCUT2D eigenvalue weighted by molar-refractivity contribution is 7.99. The van der Waals surface area contributed by atoms with E-state index in [2.05, 4.69) is 0 Å². The largest absolute Gasteiger partial charge is 0.482 e. The van der Waals surface area contributed by atoms with Gasteiger partial charge >= 0.3 is 5.97 Å². The van der Waals surface area contributed by atoms with Crippen LogP contribution < -0.4 is 9.64 Å². The van der Waals surface area contributed by atoms with E-state index in [4.69, 9.17) is 9.47 Å². The lowest BCUT2D eigenvalue weighted by Gasteiger charge is -2.30. The molecular formula is C24H19NO5S. The van der Waals surface area contributed by atoms with Gasteiger partial charge in [0.15, 0.2) is 19.0 Å². The summed E-state index contributed by atoms with van der Waals surface area (Å²) in [6.07, 6.45) is 0. The van der Waals surface area contributed by atoms with E-state index in [0.29, 0.717) is 11.3 Å². The Bertz CT molecular complexity index is 1100. The van der Waals surface area contributed by atoms with Crippen LogP contribution in [-0.4, -0.2) is 30.9 Å². The van der Waals surface area contributed by atoms with Crippen LogP contribution in [-0.2, 0) is 14.3 Å². The lowest BCUT2D eigenvalue weighted by Crippen LogP contribution is -2.33. The summed E-state index contributed by atoms with van der Waals surface area (Å²) in [5, 5.41) is 0. The zero-order valence-electron chi connectivity index (χ0n) is 16.7. The van der Waals surface area contributed by atoms with E-state index in [0.717, 1.165) is 21.2 Å². The van der Waals surface area contributed by atoms with Crippen molar-refractivity contribution in [2.45, 2.75) is 16.7 Å². The number of ketones is 1. The third-order valence-corrected chi connectivity index (χ3v) is 5.79. The van der Waals surface area contributed by atoms with Crippen LogP contribution in [0.3, 0.4) is 0 Å². The van der Waals surface area contributed by atoms with Crippen LogP contribution in [0.2, 0.25) is 0 Å². The fourth-order valence-electron chi connectivity index (χ4n) is 3.15. The number of rotatable bonds is 6. The van der Waals surface area contributed by atoms with Gasteiger partial charge in [-0.25, -0.2) is 4.79 Å². The van der Waals surface area contributed by atoms with Crippen molar-refractivity contribution < 1.29 is 23.9 Å². The van der Waals surface area contributed by atoms with Gasteiger partial charge in [0.1, 0.15) is 5.75 Å². The number of nitrogens with zero attached hydrogens (tertiary/aromatic N) is 1. The summed E-state index contributed by atoms with van der Waals surface area (Å²) in [7, 11) is 0. The third-order valence-electron chi connectivity index (χ3n) is 4.66. The number of fused-ring (bicyclic) bond motifs is 2. The van der Waals surface area contributed by atoms with Gasteiger partial charge in [0.2, 0.25) is 0 Å². The molecule has 0 radical (unpaired) electrons. The molecule has 0 aliphatic carbocycles. The van der Waals surface area contributed by atoms with Gasteiger partial charge in [-0.3, -0.25) is 14.5 Å². The number of ether oxygens (including phenoxy) is 2. The predicted molar refractivity (Wildman–Crippen MR) is 117 cm³/mol. The molecular weight excluding hydrogens is 414 g/mol. The molecule has 0 bridgehead atoms. The van der Waals surface area contributed by atoms with Crippen LogP contribution in [0.5, 0.6) is 5.75 Å². The molecule has 3 aromatic carbocycles. The first-order chi connectivity index (χ1) is 15.0. The maximum Gasteiger partial charge on any atom is 0.344 e. The van der Waals surface area contributed by atoms with E-state index in [1.54, 1.807) is 40.9 Å². The smallest absolute Gasteiger partial charge is 0.344 e. The molecule has 0 N–H and O–H groups in total. The van der Waals surface area contributed by atoms with Crippen LogP contribution in [0.1, 0.15) is 17.3 Å². The van der Waals surface area contributed by atoms with Crippen molar-refractivity contribution in [2.24, 2.45) is 0 Å². The Morgan fingerprint density at radius 1 is 0.806 bits per heavy atom. The normalized spacial score (nSPS) is 11.8. The van der Waals surface area contributed by atoms with Gasteiger partial charge in [0.25, 0.3) is 5.91 Å². The molecule has 0 saturated carbocycles. The van der Waals surface area contributed by atoms with Gasteiger partial charge in [0, 0.05) is 15.4 Å². The quantitative estimate of drug-likeness (QED) is 0.417. The van der Waals surface area contributed by atoms with E-state index in [9.17, 15) is 14.4 Å². The van der Waals surface area contributed by atoms with Crippen molar-refractivity contribution in [1.82, 2.24) is 0 Å². The molecule has 7 heteroatoms. The van der Waals surface area contributed by atoms with E-state index in [1.807, 2.05) is 48.5 Å². The SMILES string of the molecule is CC(=O)c1ccc(OCC(=O)OCC(=O)N2c3ccccc3Sc3ccccc32)cc1. The highest BCUT2D eigenvalue weighted by Gasteiger charge is 2.28. The average molecular weight is 433 g/mol. The lowest BCUT2D eigenvalue weighted by molar-refractivity contribution is -0.149. The number of carbonyl (C=O) groups excluding carboxylic acids is 3. The van der Waals surface area contributed by atoms with E-state index >= 15 is 0 Å². The van der Waals surface area contributed by atoms with Crippen LogP contribution >= 0.6 is 11.8 Å². The second-order valence-corrected chi connectivity index (χ2v) is 7.88. The standard InChI is InChI=1S/C24H19NO5S/c1-16(26)17-10-12-18(13-11-17)29-15-24(28)30-14-23(27)25-19-6-2-4-8-21(19)31-22-9-5-3-7-20(22)25/h2-13H,14-15H2,1H3. The molecule has 0 fully saturated rings. The number of anilines is 2. The summed E-state index contributed by atoms with van der Waals surface area (Å²) in [6.45, 7) is 0.733. The maximum atomic E-state index is 13.0. The Labute approximate surface area is 183 Å². The Kier molecular flexibility index (Phi) is 6.04. The second kappa shape index (κ2) is 9.06. The van der Waals surface area contributed by atoms with E-state index in [1.165, 1.54) is 6.92 Å². The number of amides is 1. The fraction of sp³-hybridized carbons (Fsp3) is 0.125. The number of hydrogen-bond donors (Lipinski definition) is 0. The molecule has 3 aromatic rings. The number of para-hydroxylation sites is 2. The molecule has 1 amide bonds. The molecule has 156 valence electrons. The third kappa shape index (κ3) is 4.62. The van der Waals surface area contributed by atoms with Crippen molar-refractivity contribution in [3.05, 3.63) is 78.4 Å². The first-order valence-electron chi connectivity index (χ1n) is 9.61. The van der Waals surface area contributed by atoms with Gasteiger partial charge in [0.05, 0.1) is 11.4 Å². The topological polar surface area (TPSA) is 72.9 Å². The number of Topliss-reactive ketones (excluding diaryl/α,β-unsaturated/α-hetero) is 1. The first kappa shape index (κ1) is 20.7. The minimum atomic E-state index is -0.656. The Hall–Kier alpha value is -3.58. The van der Waals surface area contributed by atoms with Gasteiger partial charge in [-0.2, -0.15) is 0 Å². The molecule has 0 spiro atoms. The number of esters is 1. The molecule has 0 saturated heterocycles. The Balaban J connectivity index is 1.39. The highest BCUT2D eigenvalue weighted by atomic mass is 32.2. The van der Waals surface area contributed by atoms with E-state index < -0.39 is 12.6 Å². The van der Waals surface area contributed by atoms with Gasteiger partial charge in [-0.1, -0.05) is 36.0 Å². The Morgan fingerprint density at radius 3 is 1.97 bits per heavy atom. The average Bonchev–Trinajstić information content (AvgIpc) is 2.79. The molecule has 0 aromatic heterocycles. The minimum absolute atomic E-state index is 0.0521. The molecule has 1 aliphatic rings. The predicted octanol–water partition coefficient (Wildman–Crippen LogP) is 4.64. The summed E-state index contributed by atoms with van der Waals surface area (Å²) in [6, 6.07) is 21.7. The van der Waals surface area contributed by atoms with Crippen molar-refractivity contribution in [3.8, 4) is 5.75 Å². The summed E-state index contributed by atoms with van der Waals surface area (Å²) >= 11 is 1.59. The molecule has 0 unspecified atom stereocenters. The zero-order valence-corrected chi connectivity index (χ0v) is 17.6. The first-order valence-corrected chi connectivity index (χ1v) is 10.4. The molecule has 1 heterocycles. The van der Waals surface area contributed by atoms with Gasteiger partial charge in [-0.15, -0.1) is 0 Å². The Morgan fingerprint density at radius 2 is 1.39 bits per heavy atom. The highest BCUT2D eigenvalue weighted by Crippen LogP contribution is 2.47. The molecule has 6 nitrogen and oxygen atoms in total. The number of benzene rings is 3. The monoisotopic (exact) mass is 433 g/mol. The summed E-state index contributed by atoms with van der Waals surface area (Å²) in [5.41, 5.74) is 2.07. The molecule has 1 aliphatic heterocycles. The van der Waals surface area contributed by atoms with Gasteiger partial charge in [-0.05, 0) is 55.5 Å². The summed E-state index contributed by atoms with van der Waals surface area (Å²) < 4.78 is 10.5. The summed E-state index contributed by atoms with van der Waals surface area (Å²) in [5.74, 6) is -0.621. The van der Waals surface area contributed by atoms with Crippen molar-refractivity contribution in [3.63, 3.8) is 0 Å². The minimum Gasteiger partial charge on any atom is -0.482 e. The lowest BCUT2D eigenvalue weighted by atomic mass is 10.1. The number of carbonyl (C=O) groups is 3. The number of hydrogen-bond acceptors (Lipinski definition) is 6. The maximum absolute atomic E-state index is 13.0. The van der Waals surface area contributed by atoms with Crippen molar-refractivity contribution in [2.75, 3.05) is 18.1 Å². The fourth-order valence-corrected chi connectivity index (χ4v) is 4.21. The van der Waals surface area contributed by atoms with Crippen LogP contribution in [0, 0.1) is 0 Å². The van der Waals surface area contributed by atoms with E-state index in [-0.39, 0.29) is 18.3 Å². The van der Waals surface area contributed by atoms with Crippen LogP contribution in [0.25, 0.3) is 0 Å². The molecule has 0 atom stereocenters. The van der Waals surface area contributed by atoms with Crippen molar-refractivity contribution >= 4 is 40.8 Å². The van der Waals surface area contributed by atoms with Crippen LogP contribution in [0.4, 0.5) is 11.4 Å². The van der Waals surface area contributed by atoms with Crippen molar-refractivity contribution in [1.29, 1.82) is 0 Å². The molecule has 31 heavy (non-hydrogen) atoms. The zero-order chi connectivity index (χ0) is 21.8. The molecule has 4 rings (SSSR count). The summed E-state index contributed by atoms with van der Waals surface area (Å²) in [4.78, 5) is 39.9. The van der Waals surface area contributed by atoms with Crippen LogP contribution in [0.15, 0.2) is 82.6 Å².